The number of amides is 2. The minimum atomic E-state index is -1.03. The molecule has 1 aliphatic heterocycles. The molecule has 4 rings (SSSR count). The number of nitrogens with one attached hydrogen (secondary N) is 1. The van der Waals surface area contributed by atoms with Crippen LogP contribution in [0, 0.1) is 0 Å². The van der Waals surface area contributed by atoms with Gasteiger partial charge in [0.1, 0.15) is 6.04 Å². The van der Waals surface area contributed by atoms with Crippen LogP contribution in [0.2, 0.25) is 5.02 Å². The fourth-order valence-corrected chi connectivity index (χ4v) is 3.71. The van der Waals surface area contributed by atoms with Gasteiger partial charge in [0.15, 0.2) is 0 Å². The summed E-state index contributed by atoms with van der Waals surface area (Å²) >= 11 is 6.07. The van der Waals surface area contributed by atoms with Gasteiger partial charge in [-0.05, 0) is 47.5 Å². The SMILES string of the molecule is O=C(O)c1ccc(CN2C(=O)c3ccc(Cl)cc3NC(=O)C2Cc2cccnc2)cc1. The Morgan fingerprint density at radius 3 is 2.55 bits per heavy atom. The molecule has 31 heavy (non-hydrogen) atoms. The molecule has 0 spiro atoms. The lowest BCUT2D eigenvalue weighted by molar-refractivity contribution is -0.120. The highest BCUT2D eigenvalue weighted by Crippen LogP contribution is 2.28. The van der Waals surface area contributed by atoms with Gasteiger partial charge >= 0.3 is 5.97 Å². The van der Waals surface area contributed by atoms with E-state index >= 15 is 0 Å². The number of anilines is 1. The number of carboxylic acid groups (broad SMARTS) is 1. The summed E-state index contributed by atoms with van der Waals surface area (Å²) in [5.41, 5.74) is 2.37. The third kappa shape index (κ3) is 4.41. The monoisotopic (exact) mass is 435 g/mol. The Morgan fingerprint density at radius 2 is 1.87 bits per heavy atom. The third-order valence-corrected chi connectivity index (χ3v) is 5.35. The molecular formula is C23H18ClN3O4. The van der Waals surface area contributed by atoms with Crippen molar-refractivity contribution in [1.29, 1.82) is 0 Å². The zero-order valence-electron chi connectivity index (χ0n) is 16.3. The summed E-state index contributed by atoms with van der Waals surface area (Å²) in [6.07, 6.45) is 3.58. The van der Waals surface area contributed by atoms with Crippen molar-refractivity contribution in [2.24, 2.45) is 0 Å². The molecule has 0 bridgehead atoms. The Hall–Kier alpha value is -3.71. The highest BCUT2D eigenvalue weighted by molar-refractivity contribution is 6.31. The number of hydrogen-bond acceptors (Lipinski definition) is 4. The fraction of sp³-hybridized carbons (Fsp3) is 0.130. The molecule has 0 fully saturated rings. The van der Waals surface area contributed by atoms with E-state index in [0.29, 0.717) is 21.8 Å². The molecule has 2 N–H and O–H groups in total. The van der Waals surface area contributed by atoms with Gasteiger partial charge in [-0.3, -0.25) is 14.6 Å². The molecule has 1 aliphatic rings. The predicted molar refractivity (Wildman–Crippen MR) is 115 cm³/mol. The van der Waals surface area contributed by atoms with E-state index in [1.807, 2.05) is 6.07 Å². The number of benzene rings is 2. The number of hydrogen-bond donors (Lipinski definition) is 2. The van der Waals surface area contributed by atoms with Gasteiger partial charge < -0.3 is 15.3 Å². The summed E-state index contributed by atoms with van der Waals surface area (Å²) in [7, 11) is 0. The van der Waals surface area contributed by atoms with Crippen molar-refractivity contribution in [1.82, 2.24) is 9.88 Å². The number of fused-ring (bicyclic) bond motifs is 1. The van der Waals surface area contributed by atoms with Crippen molar-refractivity contribution in [2.75, 3.05) is 5.32 Å². The molecule has 2 heterocycles. The van der Waals surface area contributed by atoms with Crippen LogP contribution in [0.4, 0.5) is 5.69 Å². The van der Waals surface area contributed by atoms with E-state index in [1.54, 1.807) is 48.8 Å². The van der Waals surface area contributed by atoms with Crippen molar-refractivity contribution >= 4 is 35.1 Å². The Bertz CT molecular complexity index is 1150. The molecule has 0 radical (unpaired) electrons. The number of carbonyl (C=O) groups is 3. The maximum absolute atomic E-state index is 13.5. The summed E-state index contributed by atoms with van der Waals surface area (Å²) in [6.45, 7) is 0.138. The van der Waals surface area contributed by atoms with Crippen LogP contribution < -0.4 is 5.32 Å². The molecule has 1 atom stereocenters. The molecule has 156 valence electrons. The van der Waals surface area contributed by atoms with Crippen LogP contribution in [-0.2, 0) is 17.8 Å². The number of pyridine rings is 1. The normalized spacial score (nSPS) is 15.8. The van der Waals surface area contributed by atoms with Gasteiger partial charge in [0.05, 0.1) is 16.8 Å². The molecular weight excluding hydrogens is 418 g/mol. The van der Waals surface area contributed by atoms with E-state index in [9.17, 15) is 14.4 Å². The standard InChI is InChI=1S/C23H18ClN3O4/c24-17-7-8-18-19(11-17)26-21(28)20(10-15-2-1-9-25-12-15)27(22(18)29)13-14-3-5-16(6-4-14)23(30)31/h1-9,11-12,20H,10,13H2,(H,26,28)(H,30,31). The Morgan fingerprint density at radius 1 is 1.10 bits per heavy atom. The molecule has 0 saturated carbocycles. The zero-order chi connectivity index (χ0) is 22.0. The fourth-order valence-electron chi connectivity index (χ4n) is 3.54. The molecule has 8 heteroatoms. The van der Waals surface area contributed by atoms with Crippen molar-refractivity contribution in [3.63, 3.8) is 0 Å². The summed E-state index contributed by atoms with van der Waals surface area (Å²) in [6, 6.07) is 13.8. The van der Waals surface area contributed by atoms with Crippen molar-refractivity contribution in [3.05, 3.63) is 94.3 Å². The Kier molecular flexibility index (Phi) is 5.68. The highest BCUT2D eigenvalue weighted by atomic mass is 35.5. The molecule has 0 saturated heterocycles. The minimum absolute atomic E-state index is 0.138. The predicted octanol–water partition coefficient (Wildman–Crippen LogP) is 3.64. The Labute approximate surface area is 183 Å². The average Bonchev–Trinajstić information content (AvgIpc) is 2.85. The van der Waals surface area contributed by atoms with E-state index in [1.165, 1.54) is 17.0 Å². The minimum Gasteiger partial charge on any atom is -0.478 e. The van der Waals surface area contributed by atoms with Gasteiger partial charge in [-0.25, -0.2) is 4.79 Å². The van der Waals surface area contributed by atoms with Crippen molar-refractivity contribution < 1.29 is 19.5 Å². The highest BCUT2D eigenvalue weighted by Gasteiger charge is 2.35. The largest absolute Gasteiger partial charge is 0.478 e. The molecule has 2 aromatic carbocycles. The van der Waals surface area contributed by atoms with Crippen molar-refractivity contribution in [2.45, 2.75) is 19.0 Å². The van der Waals surface area contributed by atoms with Crippen LogP contribution in [0.1, 0.15) is 31.8 Å². The van der Waals surface area contributed by atoms with E-state index in [2.05, 4.69) is 10.3 Å². The van der Waals surface area contributed by atoms with Gasteiger partial charge in [0.25, 0.3) is 5.91 Å². The number of nitrogens with zero attached hydrogens (tertiary/aromatic N) is 2. The zero-order valence-corrected chi connectivity index (χ0v) is 17.0. The quantitative estimate of drug-likeness (QED) is 0.637. The van der Waals surface area contributed by atoms with Gasteiger partial charge in [-0.1, -0.05) is 29.8 Å². The summed E-state index contributed by atoms with van der Waals surface area (Å²) in [5, 5.41) is 12.3. The number of rotatable bonds is 5. The lowest BCUT2D eigenvalue weighted by atomic mass is 10.0. The topological polar surface area (TPSA) is 99.6 Å². The number of carbonyl (C=O) groups excluding carboxylic acids is 2. The van der Waals surface area contributed by atoms with E-state index < -0.39 is 12.0 Å². The first-order valence-electron chi connectivity index (χ1n) is 9.55. The van der Waals surface area contributed by atoms with E-state index in [0.717, 1.165) is 5.56 Å². The molecule has 1 aromatic heterocycles. The first kappa shape index (κ1) is 20.6. The van der Waals surface area contributed by atoms with Gasteiger partial charge in [-0.2, -0.15) is 0 Å². The summed E-state index contributed by atoms with van der Waals surface area (Å²) in [5.74, 6) is -1.68. The van der Waals surface area contributed by atoms with Gasteiger partial charge in [0, 0.05) is 30.4 Å². The van der Waals surface area contributed by atoms with Crippen LogP contribution in [-0.4, -0.2) is 38.8 Å². The first-order chi connectivity index (χ1) is 14.9. The average molecular weight is 436 g/mol. The number of aromatic nitrogens is 1. The van der Waals surface area contributed by atoms with Crippen LogP contribution in [0.25, 0.3) is 0 Å². The summed E-state index contributed by atoms with van der Waals surface area (Å²) < 4.78 is 0. The van der Waals surface area contributed by atoms with E-state index in [-0.39, 0.29) is 30.3 Å². The molecule has 1 unspecified atom stereocenters. The molecule has 0 aliphatic carbocycles. The second-order valence-corrected chi connectivity index (χ2v) is 7.63. The molecule has 3 aromatic rings. The molecule has 2 amide bonds. The van der Waals surface area contributed by atoms with Crippen molar-refractivity contribution in [3.8, 4) is 0 Å². The van der Waals surface area contributed by atoms with Crippen LogP contribution in [0.5, 0.6) is 0 Å². The van der Waals surface area contributed by atoms with E-state index in [4.69, 9.17) is 16.7 Å². The smallest absolute Gasteiger partial charge is 0.335 e. The maximum atomic E-state index is 13.5. The van der Waals surface area contributed by atoms with Gasteiger partial charge in [0.2, 0.25) is 5.91 Å². The van der Waals surface area contributed by atoms with Crippen LogP contribution in [0.15, 0.2) is 67.0 Å². The summed E-state index contributed by atoms with van der Waals surface area (Å²) in [4.78, 5) is 43.3. The van der Waals surface area contributed by atoms with Crippen LogP contribution in [0.3, 0.4) is 0 Å². The number of halogens is 1. The maximum Gasteiger partial charge on any atom is 0.335 e. The lowest BCUT2D eigenvalue weighted by Gasteiger charge is -2.29. The van der Waals surface area contributed by atoms with Gasteiger partial charge in [-0.15, -0.1) is 0 Å². The Balaban J connectivity index is 1.73. The first-order valence-corrected chi connectivity index (χ1v) is 9.92. The third-order valence-electron chi connectivity index (χ3n) is 5.12. The molecule has 7 nitrogen and oxygen atoms in total. The second-order valence-electron chi connectivity index (χ2n) is 7.20. The number of aromatic carboxylic acids is 1. The van der Waals surface area contributed by atoms with Crippen LogP contribution >= 0.6 is 11.6 Å². The second kappa shape index (κ2) is 8.57. The number of carboxylic acids is 1. The lowest BCUT2D eigenvalue weighted by Crippen LogP contribution is -2.46.